The number of amides is 1. The number of halogens is 1. The Labute approximate surface area is 178 Å². The number of furan rings is 1. The highest BCUT2D eigenvalue weighted by atomic mass is 35.5. The van der Waals surface area contributed by atoms with Gasteiger partial charge in [-0.3, -0.25) is 9.59 Å². The highest BCUT2D eigenvalue weighted by Gasteiger charge is 2.24. The molecule has 1 heterocycles. The first-order valence-electron chi connectivity index (χ1n) is 9.43. The van der Waals surface area contributed by atoms with Gasteiger partial charge in [0.15, 0.2) is 5.76 Å². The fourth-order valence-electron chi connectivity index (χ4n) is 3.15. The molecule has 150 valence electrons. The number of anilines is 1. The SMILES string of the molecule is CCOc1ccc(C(=O)c2oc3ccccc3c2NC(=O)c2ccccc2)cc1Cl. The second kappa shape index (κ2) is 8.43. The summed E-state index contributed by atoms with van der Waals surface area (Å²) in [6.45, 7) is 2.32. The molecule has 0 fully saturated rings. The summed E-state index contributed by atoms with van der Waals surface area (Å²) in [5, 5.41) is 3.80. The standard InChI is InChI=1S/C24H18ClNO4/c1-2-29-20-13-12-16(14-18(20)25)22(27)23-21(17-10-6-7-11-19(17)30-23)26-24(28)15-8-4-3-5-9-15/h3-14H,2H2,1H3,(H,26,28). The average molecular weight is 420 g/mol. The maximum absolute atomic E-state index is 13.2. The molecule has 0 aliphatic heterocycles. The first kappa shape index (κ1) is 19.7. The Hall–Kier alpha value is -3.57. The van der Waals surface area contributed by atoms with Crippen LogP contribution in [0.2, 0.25) is 5.02 Å². The number of rotatable bonds is 6. The second-order valence-electron chi connectivity index (χ2n) is 6.53. The number of fused-ring (bicyclic) bond motifs is 1. The van der Waals surface area contributed by atoms with E-state index < -0.39 is 0 Å². The van der Waals surface area contributed by atoms with Crippen molar-refractivity contribution in [3.63, 3.8) is 0 Å². The number of ketones is 1. The molecule has 0 radical (unpaired) electrons. The first-order valence-corrected chi connectivity index (χ1v) is 9.81. The lowest BCUT2D eigenvalue weighted by atomic mass is 10.1. The van der Waals surface area contributed by atoms with E-state index in [1.54, 1.807) is 54.6 Å². The van der Waals surface area contributed by atoms with Gasteiger partial charge in [-0.2, -0.15) is 0 Å². The Kier molecular flexibility index (Phi) is 5.55. The molecule has 3 aromatic carbocycles. The van der Waals surface area contributed by atoms with Crippen molar-refractivity contribution in [2.75, 3.05) is 11.9 Å². The molecule has 0 saturated carbocycles. The lowest BCUT2D eigenvalue weighted by molar-refractivity contribution is 0.101. The summed E-state index contributed by atoms with van der Waals surface area (Å²) in [4.78, 5) is 26.0. The van der Waals surface area contributed by atoms with Crippen LogP contribution >= 0.6 is 11.6 Å². The maximum Gasteiger partial charge on any atom is 0.255 e. The minimum absolute atomic E-state index is 0.0423. The van der Waals surface area contributed by atoms with Crippen LogP contribution in [0.15, 0.2) is 77.2 Å². The molecule has 0 bridgehead atoms. The van der Waals surface area contributed by atoms with Gasteiger partial charge in [-0.25, -0.2) is 0 Å². The quantitative estimate of drug-likeness (QED) is 0.391. The number of carbonyl (C=O) groups excluding carboxylic acids is 2. The van der Waals surface area contributed by atoms with Crippen LogP contribution in [0.1, 0.15) is 33.4 Å². The van der Waals surface area contributed by atoms with Crippen LogP contribution in [-0.4, -0.2) is 18.3 Å². The topological polar surface area (TPSA) is 68.5 Å². The minimum Gasteiger partial charge on any atom is -0.492 e. The molecule has 0 aliphatic carbocycles. The number of carbonyl (C=O) groups is 2. The molecular formula is C24H18ClNO4. The fourth-order valence-corrected chi connectivity index (χ4v) is 3.39. The Balaban J connectivity index is 1.75. The summed E-state index contributed by atoms with van der Waals surface area (Å²) in [5.74, 6) is -0.181. The molecule has 4 rings (SSSR count). The van der Waals surface area contributed by atoms with Crippen LogP contribution in [0.3, 0.4) is 0 Å². The van der Waals surface area contributed by atoms with Crippen LogP contribution < -0.4 is 10.1 Å². The first-order chi connectivity index (χ1) is 14.6. The van der Waals surface area contributed by atoms with Crippen LogP contribution in [0.4, 0.5) is 5.69 Å². The molecule has 0 unspecified atom stereocenters. The minimum atomic E-state index is -0.389. The number of para-hydroxylation sites is 1. The number of hydrogen-bond donors (Lipinski definition) is 1. The Morgan fingerprint density at radius 2 is 1.70 bits per heavy atom. The van der Waals surface area contributed by atoms with Gasteiger partial charge in [0.05, 0.1) is 17.3 Å². The third-order valence-corrected chi connectivity index (χ3v) is 4.87. The van der Waals surface area contributed by atoms with E-state index in [4.69, 9.17) is 20.8 Å². The third kappa shape index (κ3) is 3.80. The largest absolute Gasteiger partial charge is 0.492 e. The van der Waals surface area contributed by atoms with E-state index in [2.05, 4.69) is 5.32 Å². The van der Waals surface area contributed by atoms with E-state index in [0.29, 0.717) is 45.2 Å². The van der Waals surface area contributed by atoms with Crippen molar-refractivity contribution >= 4 is 39.9 Å². The van der Waals surface area contributed by atoms with Crippen molar-refractivity contribution in [3.05, 3.63) is 94.7 Å². The van der Waals surface area contributed by atoms with Crippen molar-refractivity contribution in [2.24, 2.45) is 0 Å². The summed E-state index contributed by atoms with van der Waals surface area (Å²) in [5.41, 5.74) is 1.64. The molecule has 1 amide bonds. The van der Waals surface area contributed by atoms with Gasteiger partial charge in [-0.15, -0.1) is 0 Å². The zero-order chi connectivity index (χ0) is 21.1. The lowest BCUT2D eigenvalue weighted by Crippen LogP contribution is -2.14. The molecule has 30 heavy (non-hydrogen) atoms. The van der Waals surface area contributed by atoms with Crippen LogP contribution in [0, 0.1) is 0 Å². The van der Waals surface area contributed by atoms with Gasteiger partial charge >= 0.3 is 0 Å². The third-order valence-electron chi connectivity index (χ3n) is 4.57. The zero-order valence-corrected chi connectivity index (χ0v) is 16.9. The predicted molar refractivity (Wildman–Crippen MR) is 117 cm³/mol. The van der Waals surface area contributed by atoms with Crippen molar-refractivity contribution in [2.45, 2.75) is 6.92 Å². The highest BCUT2D eigenvalue weighted by Crippen LogP contribution is 2.34. The highest BCUT2D eigenvalue weighted by molar-refractivity contribution is 6.32. The summed E-state index contributed by atoms with van der Waals surface area (Å²) in [6, 6.07) is 20.7. The normalized spacial score (nSPS) is 10.7. The van der Waals surface area contributed by atoms with Crippen molar-refractivity contribution in [1.29, 1.82) is 0 Å². The van der Waals surface area contributed by atoms with Gasteiger partial charge in [-0.1, -0.05) is 41.9 Å². The molecule has 4 aromatic rings. The zero-order valence-electron chi connectivity index (χ0n) is 16.1. The number of ether oxygens (including phenoxy) is 1. The molecule has 0 spiro atoms. The number of nitrogens with one attached hydrogen (secondary N) is 1. The van der Waals surface area contributed by atoms with Crippen LogP contribution in [0.5, 0.6) is 5.75 Å². The summed E-state index contributed by atoms with van der Waals surface area (Å²) >= 11 is 6.24. The van der Waals surface area contributed by atoms with Gasteiger partial charge in [0.2, 0.25) is 5.78 Å². The Bertz CT molecular complexity index is 1230. The Morgan fingerprint density at radius 1 is 0.967 bits per heavy atom. The van der Waals surface area contributed by atoms with E-state index in [9.17, 15) is 9.59 Å². The van der Waals surface area contributed by atoms with Gasteiger partial charge < -0.3 is 14.5 Å². The predicted octanol–water partition coefficient (Wildman–Crippen LogP) is 5.97. The number of benzene rings is 3. The van der Waals surface area contributed by atoms with Gasteiger partial charge in [0.25, 0.3) is 5.91 Å². The van der Waals surface area contributed by atoms with Gasteiger partial charge in [0, 0.05) is 16.5 Å². The maximum atomic E-state index is 13.2. The van der Waals surface area contributed by atoms with Crippen molar-refractivity contribution < 1.29 is 18.7 Å². The summed E-state index contributed by atoms with van der Waals surface area (Å²) in [6.07, 6.45) is 0. The van der Waals surface area contributed by atoms with E-state index in [0.717, 1.165) is 0 Å². The van der Waals surface area contributed by atoms with Crippen molar-refractivity contribution in [3.8, 4) is 5.75 Å². The molecule has 1 aromatic heterocycles. The van der Waals surface area contributed by atoms with Crippen molar-refractivity contribution in [1.82, 2.24) is 0 Å². The molecule has 6 heteroatoms. The van der Waals surface area contributed by atoms with E-state index in [1.165, 1.54) is 6.07 Å². The second-order valence-corrected chi connectivity index (χ2v) is 6.94. The number of hydrogen-bond acceptors (Lipinski definition) is 4. The van der Waals surface area contributed by atoms with E-state index >= 15 is 0 Å². The molecule has 0 atom stereocenters. The lowest BCUT2D eigenvalue weighted by Gasteiger charge is -2.08. The molecule has 5 nitrogen and oxygen atoms in total. The summed E-state index contributed by atoms with van der Waals surface area (Å²) in [7, 11) is 0. The molecular weight excluding hydrogens is 402 g/mol. The van der Waals surface area contributed by atoms with E-state index in [-0.39, 0.29) is 17.5 Å². The summed E-state index contributed by atoms with van der Waals surface area (Å²) < 4.78 is 11.3. The molecule has 0 aliphatic rings. The molecule has 0 saturated heterocycles. The smallest absolute Gasteiger partial charge is 0.255 e. The van der Waals surface area contributed by atoms with Crippen LogP contribution in [0.25, 0.3) is 11.0 Å². The van der Waals surface area contributed by atoms with Crippen LogP contribution in [-0.2, 0) is 0 Å². The van der Waals surface area contributed by atoms with E-state index in [1.807, 2.05) is 19.1 Å². The monoisotopic (exact) mass is 419 g/mol. The Morgan fingerprint density at radius 3 is 2.43 bits per heavy atom. The fraction of sp³-hybridized carbons (Fsp3) is 0.0833. The molecule has 1 N–H and O–H groups in total. The average Bonchev–Trinajstić information content (AvgIpc) is 3.13. The van der Waals surface area contributed by atoms with Gasteiger partial charge in [-0.05, 0) is 49.4 Å². The van der Waals surface area contributed by atoms with Gasteiger partial charge in [0.1, 0.15) is 11.3 Å².